The van der Waals surface area contributed by atoms with E-state index in [9.17, 15) is 0 Å². The van der Waals surface area contributed by atoms with E-state index < -0.39 is 0 Å². The first-order valence-electron chi connectivity index (χ1n) is 6.65. The SMILES string of the molecule is Cc1ccc(-n2cncc2C(N)c2ccccc2)cc1. The second-order valence-corrected chi connectivity index (χ2v) is 4.91. The molecule has 0 saturated carbocycles. The van der Waals surface area contributed by atoms with Gasteiger partial charge in [0.1, 0.15) is 0 Å². The van der Waals surface area contributed by atoms with Crippen molar-refractivity contribution in [2.24, 2.45) is 5.73 Å². The first-order chi connectivity index (χ1) is 9.75. The average molecular weight is 263 g/mol. The molecule has 1 heterocycles. The highest BCUT2D eigenvalue weighted by Crippen LogP contribution is 2.22. The van der Waals surface area contributed by atoms with Crippen molar-refractivity contribution in [2.45, 2.75) is 13.0 Å². The van der Waals surface area contributed by atoms with E-state index >= 15 is 0 Å². The third-order valence-corrected chi connectivity index (χ3v) is 3.46. The van der Waals surface area contributed by atoms with Crippen LogP contribution in [0.25, 0.3) is 5.69 Å². The van der Waals surface area contributed by atoms with Gasteiger partial charge >= 0.3 is 0 Å². The molecule has 0 saturated heterocycles. The summed E-state index contributed by atoms with van der Waals surface area (Å²) in [6.45, 7) is 2.08. The van der Waals surface area contributed by atoms with Crippen molar-refractivity contribution in [1.82, 2.24) is 9.55 Å². The van der Waals surface area contributed by atoms with Crippen LogP contribution in [0.4, 0.5) is 0 Å². The molecular weight excluding hydrogens is 246 g/mol. The number of nitrogens with two attached hydrogens (primary N) is 1. The van der Waals surface area contributed by atoms with Gasteiger partial charge in [-0.15, -0.1) is 0 Å². The van der Waals surface area contributed by atoms with Crippen LogP contribution in [0.2, 0.25) is 0 Å². The van der Waals surface area contributed by atoms with Crippen LogP contribution in [0, 0.1) is 6.92 Å². The highest BCUT2D eigenvalue weighted by Gasteiger charge is 2.14. The van der Waals surface area contributed by atoms with E-state index in [0.717, 1.165) is 16.9 Å². The number of imidazole rings is 1. The summed E-state index contributed by atoms with van der Waals surface area (Å²) in [5.74, 6) is 0. The Balaban J connectivity index is 2.00. The van der Waals surface area contributed by atoms with Gasteiger partial charge in [-0.05, 0) is 24.6 Å². The van der Waals surface area contributed by atoms with Crippen molar-refractivity contribution in [2.75, 3.05) is 0 Å². The lowest BCUT2D eigenvalue weighted by Gasteiger charge is -2.15. The van der Waals surface area contributed by atoms with Crippen LogP contribution in [0.1, 0.15) is 22.9 Å². The molecule has 1 aromatic heterocycles. The third-order valence-electron chi connectivity index (χ3n) is 3.46. The van der Waals surface area contributed by atoms with Gasteiger partial charge in [-0.3, -0.25) is 0 Å². The zero-order valence-electron chi connectivity index (χ0n) is 11.4. The van der Waals surface area contributed by atoms with Crippen LogP contribution in [-0.2, 0) is 0 Å². The van der Waals surface area contributed by atoms with Crippen LogP contribution in [0.15, 0.2) is 67.1 Å². The number of hydrogen-bond acceptors (Lipinski definition) is 2. The minimum atomic E-state index is -0.181. The van der Waals surface area contributed by atoms with Crippen LogP contribution < -0.4 is 5.73 Å². The Morgan fingerprint density at radius 1 is 1.00 bits per heavy atom. The molecule has 0 radical (unpaired) electrons. The van der Waals surface area contributed by atoms with E-state index in [0.29, 0.717) is 0 Å². The van der Waals surface area contributed by atoms with E-state index in [-0.39, 0.29) is 6.04 Å². The van der Waals surface area contributed by atoms with Crippen LogP contribution in [0.3, 0.4) is 0 Å². The van der Waals surface area contributed by atoms with Crippen LogP contribution in [-0.4, -0.2) is 9.55 Å². The molecular formula is C17H17N3. The van der Waals surface area contributed by atoms with E-state index in [1.54, 1.807) is 0 Å². The molecule has 100 valence electrons. The highest BCUT2D eigenvalue weighted by atomic mass is 15.1. The number of hydrogen-bond donors (Lipinski definition) is 1. The summed E-state index contributed by atoms with van der Waals surface area (Å²) in [5.41, 5.74) is 10.8. The Kier molecular flexibility index (Phi) is 3.35. The number of nitrogens with zero attached hydrogens (tertiary/aromatic N) is 2. The summed E-state index contributed by atoms with van der Waals surface area (Å²) in [7, 11) is 0. The maximum atomic E-state index is 6.37. The second kappa shape index (κ2) is 5.31. The van der Waals surface area contributed by atoms with Crippen LogP contribution >= 0.6 is 0 Å². The predicted molar refractivity (Wildman–Crippen MR) is 80.8 cm³/mol. The quantitative estimate of drug-likeness (QED) is 0.788. The molecule has 20 heavy (non-hydrogen) atoms. The largest absolute Gasteiger partial charge is 0.319 e. The molecule has 0 aliphatic carbocycles. The minimum Gasteiger partial charge on any atom is -0.319 e. The molecule has 3 heteroatoms. The van der Waals surface area contributed by atoms with E-state index in [1.807, 2.05) is 47.4 Å². The number of rotatable bonds is 3. The third kappa shape index (κ3) is 2.36. The fraction of sp³-hybridized carbons (Fsp3) is 0.118. The summed E-state index contributed by atoms with van der Waals surface area (Å²) in [4.78, 5) is 4.25. The van der Waals surface area contributed by atoms with Gasteiger partial charge in [0.25, 0.3) is 0 Å². The lowest BCUT2D eigenvalue weighted by molar-refractivity contribution is 0.793. The monoisotopic (exact) mass is 263 g/mol. The molecule has 1 atom stereocenters. The van der Waals surface area contributed by atoms with Crippen molar-refractivity contribution in [3.63, 3.8) is 0 Å². The Hall–Kier alpha value is -2.39. The highest BCUT2D eigenvalue weighted by molar-refractivity contribution is 5.38. The molecule has 0 aliphatic rings. The molecule has 0 fully saturated rings. The minimum absolute atomic E-state index is 0.181. The van der Waals surface area contributed by atoms with Gasteiger partial charge in [0.15, 0.2) is 0 Å². The van der Waals surface area contributed by atoms with E-state index in [2.05, 4.69) is 36.2 Å². The molecule has 3 nitrogen and oxygen atoms in total. The molecule has 3 aromatic rings. The molecule has 2 N–H and O–H groups in total. The Bertz CT molecular complexity index is 684. The molecule has 2 aromatic carbocycles. The smallest absolute Gasteiger partial charge is 0.0994 e. The molecule has 0 spiro atoms. The fourth-order valence-electron chi connectivity index (χ4n) is 2.29. The lowest BCUT2D eigenvalue weighted by atomic mass is 10.1. The van der Waals surface area contributed by atoms with Gasteiger partial charge in [-0.2, -0.15) is 0 Å². The number of benzene rings is 2. The first kappa shape index (κ1) is 12.6. The lowest BCUT2D eigenvalue weighted by Crippen LogP contribution is -2.15. The molecule has 3 rings (SSSR count). The van der Waals surface area contributed by atoms with Crippen molar-refractivity contribution in [1.29, 1.82) is 0 Å². The summed E-state index contributed by atoms with van der Waals surface area (Å²) in [6, 6.07) is 18.2. The summed E-state index contributed by atoms with van der Waals surface area (Å²) >= 11 is 0. The topological polar surface area (TPSA) is 43.8 Å². The summed E-state index contributed by atoms with van der Waals surface area (Å²) < 4.78 is 2.04. The van der Waals surface area contributed by atoms with Gasteiger partial charge in [-0.1, -0.05) is 48.0 Å². The normalized spacial score (nSPS) is 12.3. The van der Waals surface area contributed by atoms with E-state index in [1.165, 1.54) is 5.56 Å². The molecule has 0 bridgehead atoms. The van der Waals surface area contributed by atoms with Crippen molar-refractivity contribution in [3.05, 3.63) is 83.9 Å². The number of aryl methyl sites for hydroxylation is 1. The average Bonchev–Trinajstić information content (AvgIpc) is 2.97. The van der Waals surface area contributed by atoms with Gasteiger partial charge < -0.3 is 10.3 Å². The number of aromatic nitrogens is 2. The Morgan fingerprint density at radius 3 is 2.40 bits per heavy atom. The van der Waals surface area contributed by atoms with Crippen molar-refractivity contribution >= 4 is 0 Å². The molecule has 0 amide bonds. The molecule has 1 unspecified atom stereocenters. The first-order valence-corrected chi connectivity index (χ1v) is 6.65. The zero-order valence-corrected chi connectivity index (χ0v) is 11.4. The summed E-state index contributed by atoms with van der Waals surface area (Å²) in [6.07, 6.45) is 3.64. The Morgan fingerprint density at radius 2 is 1.70 bits per heavy atom. The maximum Gasteiger partial charge on any atom is 0.0994 e. The second-order valence-electron chi connectivity index (χ2n) is 4.91. The van der Waals surface area contributed by atoms with Crippen molar-refractivity contribution < 1.29 is 0 Å². The van der Waals surface area contributed by atoms with Crippen LogP contribution in [0.5, 0.6) is 0 Å². The maximum absolute atomic E-state index is 6.37. The predicted octanol–water partition coefficient (Wildman–Crippen LogP) is 3.23. The van der Waals surface area contributed by atoms with Crippen molar-refractivity contribution in [3.8, 4) is 5.69 Å². The van der Waals surface area contributed by atoms with E-state index in [4.69, 9.17) is 5.73 Å². The molecule has 0 aliphatic heterocycles. The van der Waals surface area contributed by atoms with Gasteiger partial charge in [0, 0.05) is 5.69 Å². The van der Waals surface area contributed by atoms with Gasteiger partial charge in [0.2, 0.25) is 0 Å². The summed E-state index contributed by atoms with van der Waals surface area (Å²) in [5, 5.41) is 0. The standard InChI is InChI=1S/C17H17N3/c1-13-7-9-15(10-8-13)20-12-19-11-16(20)17(18)14-5-3-2-4-6-14/h2-12,17H,18H2,1H3. The fourth-order valence-corrected chi connectivity index (χ4v) is 2.29. The zero-order chi connectivity index (χ0) is 13.9. The van der Waals surface area contributed by atoms with Gasteiger partial charge in [-0.25, -0.2) is 4.98 Å². The Labute approximate surface area is 118 Å². The van der Waals surface area contributed by atoms with Gasteiger partial charge in [0.05, 0.1) is 24.3 Å².